The van der Waals surface area contributed by atoms with Crippen molar-refractivity contribution in [2.24, 2.45) is 0 Å². The molecule has 0 aliphatic carbocycles. The molecule has 2 nitrogen and oxygen atoms in total. The van der Waals surface area contributed by atoms with Gasteiger partial charge in [-0.3, -0.25) is 0 Å². The quantitative estimate of drug-likeness (QED) is 0.718. The fourth-order valence-corrected chi connectivity index (χ4v) is 2.54. The van der Waals surface area contributed by atoms with E-state index in [-0.39, 0.29) is 5.60 Å². The van der Waals surface area contributed by atoms with Gasteiger partial charge in [-0.15, -0.1) is 0 Å². The van der Waals surface area contributed by atoms with Gasteiger partial charge < -0.3 is 10.1 Å². The monoisotopic (exact) mass is 215 g/mol. The zero-order valence-corrected chi connectivity index (χ0v) is 9.62. The first kappa shape index (κ1) is 9.91. The van der Waals surface area contributed by atoms with Crippen LogP contribution in [-0.4, -0.2) is 18.7 Å². The molecule has 2 heteroatoms. The molecule has 1 N–H and O–H groups in total. The van der Waals surface area contributed by atoms with Crippen LogP contribution in [0.1, 0.15) is 24.0 Å². The minimum atomic E-state index is -0.0512. The minimum absolute atomic E-state index is 0.0512. The van der Waals surface area contributed by atoms with Gasteiger partial charge in [-0.1, -0.05) is 24.3 Å². The van der Waals surface area contributed by atoms with Gasteiger partial charge in [-0.25, -0.2) is 0 Å². The molecule has 1 spiro atoms. The molecule has 1 aromatic carbocycles. The molecule has 0 unspecified atom stereocenters. The van der Waals surface area contributed by atoms with Crippen LogP contribution in [0.3, 0.4) is 0 Å². The second-order valence-electron chi connectivity index (χ2n) is 4.74. The van der Waals surface area contributed by atoms with E-state index in [1.807, 2.05) is 0 Å². The molecule has 2 aliphatic heterocycles. The van der Waals surface area contributed by atoms with E-state index in [2.05, 4.69) is 42.6 Å². The van der Waals surface area contributed by atoms with Crippen LogP contribution in [0.25, 0.3) is 6.08 Å². The van der Waals surface area contributed by atoms with E-state index in [0.717, 1.165) is 31.7 Å². The lowest BCUT2D eigenvalue weighted by atomic mass is 9.88. The number of hydrogen-bond donors (Lipinski definition) is 1. The molecule has 3 rings (SSSR count). The van der Waals surface area contributed by atoms with Crippen LogP contribution in [0.15, 0.2) is 24.3 Å². The lowest BCUT2D eigenvalue weighted by Gasteiger charge is -2.38. The third-order valence-corrected chi connectivity index (χ3v) is 3.56. The average molecular weight is 215 g/mol. The molecule has 1 fully saturated rings. The Bertz CT molecular complexity index is 430. The van der Waals surface area contributed by atoms with Crippen molar-refractivity contribution in [2.75, 3.05) is 13.1 Å². The molecule has 0 saturated carbocycles. The van der Waals surface area contributed by atoms with Crippen molar-refractivity contribution in [3.8, 4) is 5.75 Å². The van der Waals surface area contributed by atoms with Gasteiger partial charge >= 0.3 is 0 Å². The van der Waals surface area contributed by atoms with E-state index < -0.39 is 0 Å². The van der Waals surface area contributed by atoms with Crippen molar-refractivity contribution in [1.29, 1.82) is 0 Å². The van der Waals surface area contributed by atoms with Crippen molar-refractivity contribution in [2.45, 2.75) is 25.4 Å². The molecule has 0 amide bonds. The molecule has 2 aliphatic rings. The highest BCUT2D eigenvalue weighted by molar-refractivity contribution is 5.63. The Kier molecular flexibility index (Phi) is 2.25. The van der Waals surface area contributed by atoms with E-state index in [4.69, 9.17) is 4.74 Å². The molecule has 0 radical (unpaired) electrons. The SMILES string of the molecule is Cc1cccc2c1OC1(C=C2)CCNCC1. The highest BCUT2D eigenvalue weighted by atomic mass is 16.5. The second kappa shape index (κ2) is 3.63. The summed E-state index contributed by atoms with van der Waals surface area (Å²) in [4.78, 5) is 0. The Labute approximate surface area is 96.3 Å². The van der Waals surface area contributed by atoms with Crippen LogP contribution < -0.4 is 10.1 Å². The van der Waals surface area contributed by atoms with Crippen LogP contribution in [-0.2, 0) is 0 Å². The molecule has 0 atom stereocenters. The summed E-state index contributed by atoms with van der Waals surface area (Å²) in [6, 6.07) is 6.32. The molecular weight excluding hydrogens is 198 g/mol. The molecule has 16 heavy (non-hydrogen) atoms. The van der Waals surface area contributed by atoms with Gasteiger partial charge in [0.05, 0.1) is 0 Å². The summed E-state index contributed by atoms with van der Waals surface area (Å²) in [5.41, 5.74) is 2.40. The average Bonchev–Trinajstić information content (AvgIpc) is 2.32. The van der Waals surface area contributed by atoms with E-state index in [1.54, 1.807) is 0 Å². The summed E-state index contributed by atoms with van der Waals surface area (Å²) in [7, 11) is 0. The maximum atomic E-state index is 6.26. The fraction of sp³-hybridized carbons (Fsp3) is 0.429. The zero-order chi connectivity index (χ0) is 11.0. The minimum Gasteiger partial charge on any atom is -0.482 e. The van der Waals surface area contributed by atoms with E-state index in [1.165, 1.54) is 11.1 Å². The Hall–Kier alpha value is -1.28. The first-order valence-electron chi connectivity index (χ1n) is 5.98. The Morgan fingerprint density at radius 3 is 2.88 bits per heavy atom. The van der Waals surface area contributed by atoms with Crippen LogP contribution >= 0.6 is 0 Å². The van der Waals surface area contributed by atoms with Crippen LogP contribution in [0, 0.1) is 6.92 Å². The third kappa shape index (κ3) is 1.54. The number of para-hydroxylation sites is 1. The lowest BCUT2D eigenvalue weighted by Crippen LogP contribution is -2.45. The number of fused-ring (bicyclic) bond motifs is 1. The summed E-state index contributed by atoms with van der Waals surface area (Å²) < 4.78 is 6.26. The molecule has 0 bridgehead atoms. The molecule has 1 aromatic rings. The number of ether oxygens (including phenoxy) is 1. The topological polar surface area (TPSA) is 21.3 Å². The molecule has 84 valence electrons. The van der Waals surface area contributed by atoms with E-state index in [9.17, 15) is 0 Å². The van der Waals surface area contributed by atoms with Gasteiger partial charge in [0.25, 0.3) is 0 Å². The Balaban J connectivity index is 1.98. The highest BCUT2D eigenvalue weighted by Gasteiger charge is 2.34. The van der Waals surface area contributed by atoms with Gasteiger partial charge in [0, 0.05) is 18.4 Å². The maximum absolute atomic E-state index is 6.26. The summed E-state index contributed by atoms with van der Waals surface area (Å²) >= 11 is 0. The van der Waals surface area contributed by atoms with Crippen molar-refractivity contribution < 1.29 is 4.74 Å². The lowest BCUT2D eigenvalue weighted by molar-refractivity contribution is 0.0815. The number of rotatable bonds is 0. The first-order chi connectivity index (χ1) is 7.79. The summed E-state index contributed by atoms with van der Waals surface area (Å²) in [6.07, 6.45) is 6.60. The van der Waals surface area contributed by atoms with Crippen LogP contribution in [0.2, 0.25) is 0 Å². The largest absolute Gasteiger partial charge is 0.482 e. The normalized spacial score (nSPS) is 21.6. The Morgan fingerprint density at radius 1 is 1.25 bits per heavy atom. The smallest absolute Gasteiger partial charge is 0.130 e. The van der Waals surface area contributed by atoms with E-state index >= 15 is 0 Å². The summed E-state index contributed by atoms with van der Waals surface area (Å²) in [5.74, 6) is 1.08. The first-order valence-corrected chi connectivity index (χ1v) is 5.98. The van der Waals surface area contributed by atoms with Crippen molar-refractivity contribution in [3.05, 3.63) is 35.4 Å². The number of aryl methyl sites for hydroxylation is 1. The van der Waals surface area contributed by atoms with Crippen molar-refractivity contribution >= 4 is 6.08 Å². The summed E-state index contributed by atoms with van der Waals surface area (Å²) in [6.45, 7) is 4.21. The number of piperidine rings is 1. The van der Waals surface area contributed by atoms with Gasteiger partial charge in [0.1, 0.15) is 11.4 Å². The van der Waals surface area contributed by atoms with Crippen LogP contribution in [0.4, 0.5) is 0 Å². The number of benzene rings is 1. The highest BCUT2D eigenvalue weighted by Crippen LogP contribution is 2.37. The third-order valence-electron chi connectivity index (χ3n) is 3.56. The van der Waals surface area contributed by atoms with Gasteiger partial charge in [-0.05, 0) is 31.7 Å². The fourth-order valence-electron chi connectivity index (χ4n) is 2.54. The second-order valence-corrected chi connectivity index (χ2v) is 4.74. The van der Waals surface area contributed by atoms with Crippen molar-refractivity contribution in [1.82, 2.24) is 5.32 Å². The number of nitrogens with one attached hydrogen (secondary N) is 1. The predicted molar refractivity (Wildman–Crippen MR) is 65.7 cm³/mol. The molecule has 1 saturated heterocycles. The molecule has 2 heterocycles. The maximum Gasteiger partial charge on any atom is 0.130 e. The van der Waals surface area contributed by atoms with E-state index in [0.29, 0.717) is 0 Å². The zero-order valence-electron chi connectivity index (χ0n) is 9.62. The van der Waals surface area contributed by atoms with Crippen LogP contribution in [0.5, 0.6) is 5.75 Å². The predicted octanol–water partition coefficient (Wildman–Crippen LogP) is 2.52. The molecular formula is C14H17NO. The molecule has 0 aromatic heterocycles. The van der Waals surface area contributed by atoms with Gasteiger partial charge in [0.15, 0.2) is 0 Å². The summed E-state index contributed by atoms with van der Waals surface area (Å²) in [5, 5.41) is 3.38. The van der Waals surface area contributed by atoms with Gasteiger partial charge in [0.2, 0.25) is 0 Å². The number of hydrogen-bond acceptors (Lipinski definition) is 2. The van der Waals surface area contributed by atoms with Crippen molar-refractivity contribution in [3.63, 3.8) is 0 Å². The standard InChI is InChI=1S/C14H17NO/c1-11-3-2-4-12-5-6-14(16-13(11)12)7-9-15-10-8-14/h2-6,15H,7-10H2,1H3. The van der Waals surface area contributed by atoms with Gasteiger partial charge in [-0.2, -0.15) is 0 Å². The Morgan fingerprint density at radius 2 is 2.06 bits per heavy atom.